The van der Waals surface area contributed by atoms with Crippen LogP contribution < -0.4 is 10.5 Å². The van der Waals surface area contributed by atoms with Crippen molar-refractivity contribution in [1.29, 1.82) is 0 Å². The van der Waals surface area contributed by atoms with E-state index in [1.807, 2.05) is 0 Å². The number of rotatable bonds is 4. The minimum atomic E-state index is -3.74. The second-order valence-corrected chi connectivity index (χ2v) is 7.55. The van der Waals surface area contributed by atoms with Gasteiger partial charge in [-0.3, -0.25) is 0 Å². The minimum absolute atomic E-state index is 0.0994. The van der Waals surface area contributed by atoms with Gasteiger partial charge in [-0.2, -0.15) is 0 Å². The van der Waals surface area contributed by atoms with E-state index in [1.165, 1.54) is 6.07 Å². The molecule has 0 spiro atoms. The van der Waals surface area contributed by atoms with Crippen LogP contribution in [0.4, 0.5) is 5.69 Å². The number of hydrogen-bond donors (Lipinski definition) is 3. The van der Waals surface area contributed by atoms with Crippen molar-refractivity contribution >= 4 is 15.7 Å². The number of nitrogen functional groups attached to an aromatic ring is 1. The lowest BCUT2D eigenvalue weighted by molar-refractivity contribution is 0.00639. The number of aryl methyl sites for hydroxylation is 1. The molecule has 0 bridgehead atoms. The Hall–Kier alpha value is -1.11. The maximum Gasteiger partial charge on any atom is 0.241 e. The van der Waals surface area contributed by atoms with Gasteiger partial charge < -0.3 is 10.8 Å². The van der Waals surface area contributed by atoms with Crippen LogP contribution in [0.2, 0.25) is 0 Å². The molecule has 0 fully saturated rings. The summed E-state index contributed by atoms with van der Waals surface area (Å²) in [5, 5.41) is 10.0. The van der Waals surface area contributed by atoms with Crippen molar-refractivity contribution < 1.29 is 13.5 Å². The second kappa shape index (κ2) is 4.77. The summed E-state index contributed by atoms with van der Waals surface area (Å²) >= 11 is 0. The number of sulfonamides is 1. The van der Waals surface area contributed by atoms with Gasteiger partial charge in [0.05, 0.1) is 16.0 Å². The standard InChI is InChI=1S/C13H22N2O3S/c1-9-6-10(14)8-11(7-9)19(17,18)15-12(2,3)13(4,5)16/h6-8,15-16H,14H2,1-5H3. The average Bonchev–Trinajstić information content (AvgIpc) is 2.12. The molecule has 0 amide bonds. The van der Waals surface area contributed by atoms with Crippen LogP contribution >= 0.6 is 0 Å². The van der Waals surface area contributed by atoms with Crippen LogP contribution in [0.15, 0.2) is 23.1 Å². The van der Waals surface area contributed by atoms with E-state index in [0.717, 1.165) is 5.56 Å². The summed E-state index contributed by atoms with van der Waals surface area (Å²) in [6.45, 7) is 8.14. The molecule has 1 aromatic carbocycles. The molecule has 5 nitrogen and oxygen atoms in total. The Morgan fingerprint density at radius 2 is 1.68 bits per heavy atom. The third kappa shape index (κ3) is 3.68. The molecule has 0 radical (unpaired) electrons. The maximum absolute atomic E-state index is 12.3. The number of nitrogens with two attached hydrogens (primary N) is 1. The molecular weight excluding hydrogens is 264 g/mol. The third-order valence-electron chi connectivity index (χ3n) is 3.30. The van der Waals surface area contributed by atoms with E-state index in [9.17, 15) is 13.5 Å². The molecule has 1 rings (SSSR count). The second-order valence-electron chi connectivity index (χ2n) is 5.87. The van der Waals surface area contributed by atoms with Gasteiger partial charge in [0.15, 0.2) is 0 Å². The molecule has 19 heavy (non-hydrogen) atoms. The summed E-state index contributed by atoms with van der Waals surface area (Å²) in [6, 6.07) is 4.63. The number of aliphatic hydroxyl groups is 1. The molecule has 0 saturated carbocycles. The largest absolute Gasteiger partial charge is 0.399 e. The highest BCUT2D eigenvalue weighted by molar-refractivity contribution is 7.89. The van der Waals surface area contributed by atoms with E-state index >= 15 is 0 Å². The van der Waals surface area contributed by atoms with Crippen molar-refractivity contribution in [2.45, 2.75) is 50.7 Å². The molecule has 0 aromatic heterocycles. The van der Waals surface area contributed by atoms with E-state index in [4.69, 9.17) is 5.73 Å². The van der Waals surface area contributed by atoms with Gasteiger partial charge in [0.25, 0.3) is 0 Å². The van der Waals surface area contributed by atoms with Crippen molar-refractivity contribution in [3.05, 3.63) is 23.8 Å². The van der Waals surface area contributed by atoms with Crippen LogP contribution in [0.1, 0.15) is 33.3 Å². The molecule has 4 N–H and O–H groups in total. The fourth-order valence-corrected chi connectivity index (χ4v) is 3.12. The van der Waals surface area contributed by atoms with Crippen LogP contribution in [0.5, 0.6) is 0 Å². The number of anilines is 1. The van der Waals surface area contributed by atoms with E-state index in [0.29, 0.717) is 5.69 Å². The van der Waals surface area contributed by atoms with Crippen LogP contribution in [0, 0.1) is 6.92 Å². The lowest BCUT2D eigenvalue weighted by atomic mass is 9.87. The quantitative estimate of drug-likeness (QED) is 0.730. The van der Waals surface area contributed by atoms with Crippen molar-refractivity contribution in [3.63, 3.8) is 0 Å². The van der Waals surface area contributed by atoms with Gasteiger partial charge in [-0.15, -0.1) is 0 Å². The molecule has 0 saturated heterocycles. The third-order valence-corrected chi connectivity index (χ3v) is 4.94. The number of nitrogens with one attached hydrogen (secondary N) is 1. The summed E-state index contributed by atoms with van der Waals surface area (Å²) < 4.78 is 27.2. The fourth-order valence-electron chi connectivity index (χ4n) is 1.45. The Balaban J connectivity index is 3.19. The average molecular weight is 286 g/mol. The molecule has 0 atom stereocenters. The normalized spacial score (nSPS) is 13.6. The Bertz CT molecular complexity index is 552. The molecule has 0 aliphatic rings. The SMILES string of the molecule is Cc1cc(N)cc(S(=O)(=O)NC(C)(C)C(C)(C)O)c1. The zero-order chi connectivity index (χ0) is 15.1. The minimum Gasteiger partial charge on any atom is -0.399 e. The van der Waals surface area contributed by atoms with Crippen LogP contribution in [0.25, 0.3) is 0 Å². The monoisotopic (exact) mass is 286 g/mol. The fraction of sp³-hybridized carbons (Fsp3) is 0.538. The van der Waals surface area contributed by atoms with E-state index in [2.05, 4.69) is 4.72 Å². The first-order valence-electron chi connectivity index (χ1n) is 5.99. The summed E-state index contributed by atoms with van der Waals surface area (Å²) in [6.07, 6.45) is 0. The highest BCUT2D eigenvalue weighted by Gasteiger charge is 2.38. The Morgan fingerprint density at radius 3 is 2.11 bits per heavy atom. The van der Waals surface area contributed by atoms with E-state index < -0.39 is 21.2 Å². The highest BCUT2D eigenvalue weighted by atomic mass is 32.2. The van der Waals surface area contributed by atoms with Crippen molar-refractivity contribution in [2.75, 3.05) is 5.73 Å². The van der Waals surface area contributed by atoms with E-state index in [-0.39, 0.29) is 4.90 Å². The van der Waals surface area contributed by atoms with Gasteiger partial charge >= 0.3 is 0 Å². The van der Waals surface area contributed by atoms with Crippen LogP contribution in [0.3, 0.4) is 0 Å². The van der Waals surface area contributed by atoms with Gasteiger partial charge in [-0.25, -0.2) is 13.1 Å². The maximum atomic E-state index is 12.3. The summed E-state index contributed by atoms with van der Waals surface area (Å²) in [5.41, 5.74) is 4.61. The predicted molar refractivity (Wildman–Crippen MR) is 76.3 cm³/mol. The molecule has 108 valence electrons. The molecule has 0 aliphatic heterocycles. The molecule has 0 heterocycles. The smallest absolute Gasteiger partial charge is 0.241 e. The van der Waals surface area contributed by atoms with Gasteiger partial charge in [-0.1, -0.05) is 0 Å². The lowest BCUT2D eigenvalue weighted by Crippen LogP contribution is -2.57. The van der Waals surface area contributed by atoms with Crippen molar-refractivity contribution in [1.82, 2.24) is 4.72 Å². The Morgan fingerprint density at radius 1 is 1.16 bits per heavy atom. The summed E-state index contributed by atoms with van der Waals surface area (Å²) in [4.78, 5) is 0.0994. The predicted octanol–water partition coefficient (Wildman–Crippen LogP) is 1.41. The number of benzene rings is 1. The van der Waals surface area contributed by atoms with Gasteiger partial charge in [0.2, 0.25) is 10.0 Å². The first-order chi connectivity index (χ1) is 8.35. The Labute approximate surface area is 114 Å². The summed E-state index contributed by atoms with van der Waals surface area (Å²) in [5.74, 6) is 0. The zero-order valence-electron chi connectivity index (χ0n) is 12.0. The van der Waals surface area contributed by atoms with Crippen molar-refractivity contribution in [2.24, 2.45) is 0 Å². The lowest BCUT2D eigenvalue weighted by Gasteiger charge is -2.37. The highest BCUT2D eigenvalue weighted by Crippen LogP contribution is 2.24. The van der Waals surface area contributed by atoms with Gasteiger partial charge in [-0.05, 0) is 58.4 Å². The number of hydrogen-bond acceptors (Lipinski definition) is 4. The molecule has 1 aromatic rings. The molecule has 0 unspecified atom stereocenters. The first kappa shape index (κ1) is 15.9. The molecule has 0 aliphatic carbocycles. The topological polar surface area (TPSA) is 92.4 Å². The van der Waals surface area contributed by atoms with Crippen LogP contribution in [-0.4, -0.2) is 24.7 Å². The Kier molecular flexibility index (Phi) is 4.01. The van der Waals surface area contributed by atoms with E-state index in [1.54, 1.807) is 46.8 Å². The first-order valence-corrected chi connectivity index (χ1v) is 7.47. The van der Waals surface area contributed by atoms with Gasteiger partial charge in [0, 0.05) is 5.69 Å². The van der Waals surface area contributed by atoms with Crippen LogP contribution in [-0.2, 0) is 10.0 Å². The molecule has 6 heteroatoms. The van der Waals surface area contributed by atoms with Gasteiger partial charge in [0.1, 0.15) is 0 Å². The van der Waals surface area contributed by atoms with Crippen molar-refractivity contribution in [3.8, 4) is 0 Å². The summed E-state index contributed by atoms with van der Waals surface area (Å²) in [7, 11) is -3.74. The zero-order valence-corrected chi connectivity index (χ0v) is 12.8. The molecular formula is C13H22N2O3S.